The molecule has 2 heteroatoms. The van der Waals surface area contributed by atoms with E-state index in [1.54, 1.807) is 6.07 Å². The van der Waals surface area contributed by atoms with Crippen molar-refractivity contribution in [2.75, 3.05) is 13.1 Å². The van der Waals surface area contributed by atoms with Crippen LogP contribution >= 0.6 is 0 Å². The van der Waals surface area contributed by atoms with Gasteiger partial charge in [-0.05, 0) is 47.7 Å². The fraction of sp³-hybridized carbons (Fsp3) is 0.333. The third kappa shape index (κ3) is 1.55. The molecule has 0 bridgehead atoms. The topological polar surface area (TPSA) is 23.5 Å². The van der Waals surface area contributed by atoms with Crippen LogP contribution in [-0.4, -0.2) is 23.1 Å². The molecule has 2 aliphatic rings. The Balaban J connectivity index is 2.00. The Morgan fingerprint density at radius 3 is 2.80 bits per heavy atom. The van der Waals surface area contributed by atoms with Gasteiger partial charge in [-0.15, -0.1) is 0 Å². The summed E-state index contributed by atoms with van der Waals surface area (Å²) in [6, 6.07) is 13.0. The number of hydrogen-bond acceptors (Lipinski definition) is 2. The number of phenolic OH excluding ortho intramolecular Hbond substituents is 1. The summed E-state index contributed by atoms with van der Waals surface area (Å²) in [4.78, 5) is 2.57. The molecule has 0 saturated heterocycles. The zero-order valence-corrected chi connectivity index (χ0v) is 11.8. The predicted molar refractivity (Wildman–Crippen MR) is 80.9 cm³/mol. The highest BCUT2D eigenvalue weighted by molar-refractivity contribution is 5.80. The van der Waals surface area contributed by atoms with Crippen molar-refractivity contribution in [2.45, 2.75) is 25.8 Å². The fourth-order valence-electron chi connectivity index (χ4n) is 3.93. The van der Waals surface area contributed by atoms with Crippen molar-refractivity contribution >= 4 is 0 Å². The van der Waals surface area contributed by atoms with Gasteiger partial charge in [-0.25, -0.2) is 0 Å². The van der Waals surface area contributed by atoms with E-state index >= 15 is 0 Å². The van der Waals surface area contributed by atoms with Crippen LogP contribution in [0.3, 0.4) is 0 Å². The number of rotatable bonds is 1. The molecule has 2 aromatic rings. The number of likely N-dealkylation sites (N-methyl/N-ethyl adjacent to an activating group) is 1. The van der Waals surface area contributed by atoms with Gasteiger partial charge in [0.1, 0.15) is 5.75 Å². The van der Waals surface area contributed by atoms with Gasteiger partial charge >= 0.3 is 0 Å². The number of benzene rings is 2. The summed E-state index contributed by atoms with van der Waals surface area (Å²) in [5.74, 6) is 0.419. The first-order valence-electron chi connectivity index (χ1n) is 7.46. The maximum absolute atomic E-state index is 10.3. The second-order valence-electron chi connectivity index (χ2n) is 5.79. The van der Waals surface area contributed by atoms with Gasteiger partial charge in [0.25, 0.3) is 0 Å². The van der Waals surface area contributed by atoms with Crippen molar-refractivity contribution < 1.29 is 5.11 Å². The molecule has 0 amide bonds. The molecule has 102 valence electrons. The molecule has 4 rings (SSSR count). The predicted octanol–water partition coefficient (Wildman–Crippen LogP) is 3.53. The second kappa shape index (κ2) is 4.35. The molecular formula is C18H19NO. The van der Waals surface area contributed by atoms with Gasteiger partial charge in [-0.2, -0.15) is 0 Å². The van der Waals surface area contributed by atoms with Crippen molar-refractivity contribution in [3.63, 3.8) is 0 Å². The fourth-order valence-corrected chi connectivity index (χ4v) is 3.93. The van der Waals surface area contributed by atoms with E-state index in [1.165, 1.54) is 22.3 Å². The molecule has 0 aromatic heterocycles. The summed E-state index contributed by atoms with van der Waals surface area (Å²) in [5, 5.41) is 10.3. The number of fused-ring (bicyclic) bond motifs is 2. The molecule has 1 aliphatic heterocycles. The van der Waals surface area contributed by atoms with Gasteiger partial charge in [-0.3, -0.25) is 4.90 Å². The molecule has 0 radical (unpaired) electrons. The molecule has 20 heavy (non-hydrogen) atoms. The van der Waals surface area contributed by atoms with E-state index in [4.69, 9.17) is 0 Å². The third-order valence-electron chi connectivity index (χ3n) is 4.86. The Bertz CT molecular complexity index is 677. The zero-order valence-electron chi connectivity index (χ0n) is 11.8. The molecule has 1 heterocycles. The van der Waals surface area contributed by atoms with E-state index in [0.717, 1.165) is 31.5 Å². The van der Waals surface area contributed by atoms with Crippen LogP contribution in [0.2, 0.25) is 0 Å². The number of nitrogens with zero attached hydrogens (tertiary/aromatic N) is 1. The van der Waals surface area contributed by atoms with Crippen molar-refractivity contribution in [3.05, 3.63) is 53.1 Å². The normalized spacial score (nSPS) is 20.4. The van der Waals surface area contributed by atoms with E-state index in [2.05, 4.69) is 36.1 Å². The third-order valence-corrected chi connectivity index (χ3v) is 4.86. The minimum absolute atomic E-state index is 0.419. The van der Waals surface area contributed by atoms with Crippen LogP contribution in [0.15, 0.2) is 36.4 Å². The maximum Gasteiger partial charge on any atom is 0.123 e. The molecule has 0 unspecified atom stereocenters. The standard InChI is InChI=1S/C18H19NO/c1-2-19-10-9-12-5-3-7-14-17(12)15(19)11-13-6-4-8-16(20)18(13)14/h3-8,15,20H,2,9-11H2,1H3/t15-/m1/s1. The summed E-state index contributed by atoms with van der Waals surface area (Å²) in [6.45, 7) is 4.48. The monoisotopic (exact) mass is 265 g/mol. The largest absolute Gasteiger partial charge is 0.507 e. The van der Waals surface area contributed by atoms with E-state index in [1.807, 2.05) is 6.07 Å². The highest BCUT2D eigenvalue weighted by Crippen LogP contribution is 2.47. The molecule has 0 fully saturated rings. The molecular weight excluding hydrogens is 246 g/mol. The SMILES string of the molecule is CCN1CCc2cccc3c2[C@H]1Cc1cccc(O)c1-3. The van der Waals surface area contributed by atoms with Crippen LogP contribution in [0.5, 0.6) is 5.75 Å². The molecule has 1 N–H and O–H groups in total. The minimum atomic E-state index is 0.419. The van der Waals surface area contributed by atoms with E-state index < -0.39 is 0 Å². The van der Waals surface area contributed by atoms with Crippen LogP contribution in [0, 0.1) is 0 Å². The Hall–Kier alpha value is -1.80. The van der Waals surface area contributed by atoms with E-state index in [0.29, 0.717) is 11.8 Å². The lowest BCUT2D eigenvalue weighted by molar-refractivity contribution is 0.192. The summed E-state index contributed by atoms with van der Waals surface area (Å²) < 4.78 is 0. The van der Waals surface area contributed by atoms with Crippen molar-refractivity contribution in [3.8, 4) is 16.9 Å². The Kier molecular flexibility index (Phi) is 2.61. The quantitative estimate of drug-likeness (QED) is 0.852. The molecule has 2 nitrogen and oxygen atoms in total. The lowest BCUT2D eigenvalue weighted by Gasteiger charge is -2.41. The van der Waals surface area contributed by atoms with Gasteiger partial charge in [-0.1, -0.05) is 37.3 Å². The second-order valence-corrected chi connectivity index (χ2v) is 5.79. The van der Waals surface area contributed by atoms with Gasteiger partial charge < -0.3 is 5.11 Å². The van der Waals surface area contributed by atoms with Crippen LogP contribution in [0.1, 0.15) is 29.7 Å². The highest BCUT2D eigenvalue weighted by Gasteiger charge is 2.34. The average molecular weight is 265 g/mol. The first-order valence-corrected chi connectivity index (χ1v) is 7.46. The van der Waals surface area contributed by atoms with Gasteiger partial charge in [0, 0.05) is 18.2 Å². The summed E-state index contributed by atoms with van der Waals surface area (Å²) in [5.41, 5.74) is 6.49. The number of hydrogen-bond donors (Lipinski definition) is 1. The average Bonchev–Trinajstić information content (AvgIpc) is 2.48. The van der Waals surface area contributed by atoms with Crippen molar-refractivity contribution in [2.24, 2.45) is 0 Å². The molecule has 0 spiro atoms. The smallest absolute Gasteiger partial charge is 0.123 e. The van der Waals surface area contributed by atoms with E-state index in [-0.39, 0.29) is 0 Å². The molecule has 1 aliphatic carbocycles. The Labute approximate surface area is 119 Å². The first-order chi connectivity index (χ1) is 9.79. The van der Waals surface area contributed by atoms with Crippen LogP contribution < -0.4 is 0 Å². The highest BCUT2D eigenvalue weighted by atomic mass is 16.3. The Morgan fingerprint density at radius 1 is 1.15 bits per heavy atom. The van der Waals surface area contributed by atoms with Gasteiger partial charge in [0.15, 0.2) is 0 Å². The van der Waals surface area contributed by atoms with Gasteiger partial charge in [0.2, 0.25) is 0 Å². The van der Waals surface area contributed by atoms with Crippen LogP contribution in [-0.2, 0) is 12.8 Å². The van der Waals surface area contributed by atoms with Crippen molar-refractivity contribution in [1.82, 2.24) is 4.90 Å². The summed E-state index contributed by atoms with van der Waals surface area (Å²) in [7, 11) is 0. The number of phenols is 1. The minimum Gasteiger partial charge on any atom is -0.507 e. The van der Waals surface area contributed by atoms with Crippen LogP contribution in [0.25, 0.3) is 11.1 Å². The zero-order chi connectivity index (χ0) is 13.7. The Morgan fingerprint density at radius 2 is 1.95 bits per heavy atom. The summed E-state index contributed by atoms with van der Waals surface area (Å²) >= 11 is 0. The van der Waals surface area contributed by atoms with Crippen LogP contribution in [0.4, 0.5) is 0 Å². The lowest BCUT2D eigenvalue weighted by atomic mass is 9.77. The first kappa shape index (κ1) is 12.0. The van der Waals surface area contributed by atoms with Gasteiger partial charge in [0.05, 0.1) is 0 Å². The lowest BCUT2D eigenvalue weighted by Crippen LogP contribution is -2.38. The maximum atomic E-state index is 10.3. The molecule has 1 atom stereocenters. The molecule has 0 saturated carbocycles. The summed E-state index contributed by atoms with van der Waals surface area (Å²) in [6.07, 6.45) is 2.14. The van der Waals surface area contributed by atoms with E-state index in [9.17, 15) is 5.11 Å². The number of aromatic hydroxyl groups is 1. The molecule has 2 aromatic carbocycles. The van der Waals surface area contributed by atoms with Crippen molar-refractivity contribution in [1.29, 1.82) is 0 Å².